The van der Waals surface area contributed by atoms with E-state index >= 15 is 0 Å². The van der Waals surface area contributed by atoms with Crippen molar-refractivity contribution in [3.63, 3.8) is 0 Å². The molecule has 50 valence electrons. The van der Waals surface area contributed by atoms with Crippen LogP contribution in [0.4, 0.5) is 5.69 Å². The maximum atomic E-state index is 5.49. The topological polar surface area (TPSA) is 63.9 Å². The highest BCUT2D eigenvalue weighted by Crippen LogP contribution is 2.19. The molecule has 1 aromatic heterocycles. The van der Waals surface area contributed by atoms with Gasteiger partial charge in [-0.25, -0.2) is 0 Å². The maximum absolute atomic E-state index is 5.49. The number of methoxy groups -OCH3 is 1. The largest absolute Gasteiger partial charge is 0.478 e. The van der Waals surface area contributed by atoms with E-state index in [9.17, 15) is 0 Å². The number of nitrogen functional groups attached to an aromatic ring is 1. The van der Waals surface area contributed by atoms with Crippen LogP contribution in [-0.2, 0) is 0 Å². The van der Waals surface area contributed by atoms with Crippen LogP contribution < -0.4 is 10.5 Å². The number of aromatic nitrogens is 2. The average Bonchev–Trinajstić information content (AvgIpc) is 2.15. The van der Waals surface area contributed by atoms with Gasteiger partial charge in [0, 0.05) is 0 Å². The second kappa shape index (κ2) is 1.97. The summed E-state index contributed by atoms with van der Waals surface area (Å²) in [7, 11) is 1.53. The molecule has 1 rings (SSSR count). The molecule has 4 heteroatoms. The summed E-state index contributed by atoms with van der Waals surface area (Å²) in [6.45, 7) is 1.84. The van der Waals surface area contributed by atoms with Gasteiger partial charge in [-0.2, -0.15) is 0 Å². The molecule has 4 nitrogen and oxygen atoms in total. The highest BCUT2D eigenvalue weighted by atomic mass is 16.5. The summed E-state index contributed by atoms with van der Waals surface area (Å²) in [5.41, 5.74) is 6.92. The zero-order chi connectivity index (χ0) is 6.85. The lowest BCUT2D eigenvalue weighted by atomic mass is 10.4. The molecule has 0 saturated heterocycles. The monoisotopic (exact) mass is 127 g/mol. The van der Waals surface area contributed by atoms with E-state index in [1.165, 1.54) is 7.11 Å². The molecule has 0 atom stereocenters. The SMILES string of the molecule is COc1n[nH]c(C)c1N. The number of ether oxygens (including phenoxy) is 1. The Kier molecular flexibility index (Phi) is 1.30. The fourth-order valence-corrected chi connectivity index (χ4v) is 0.571. The first-order chi connectivity index (χ1) is 4.25. The third kappa shape index (κ3) is 0.826. The van der Waals surface area contributed by atoms with Crippen molar-refractivity contribution in [3.8, 4) is 5.88 Å². The molecule has 0 saturated carbocycles. The molecule has 0 aliphatic carbocycles. The summed E-state index contributed by atoms with van der Waals surface area (Å²) in [5.74, 6) is 0.465. The molecule has 9 heavy (non-hydrogen) atoms. The van der Waals surface area contributed by atoms with Crippen molar-refractivity contribution in [1.29, 1.82) is 0 Å². The van der Waals surface area contributed by atoms with Crippen molar-refractivity contribution in [2.45, 2.75) is 6.92 Å². The second-order valence-corrected chi connectivity index (χ2v) is 1.77. The number of H-pyrrole nitrogens is 1. The van der Waals surface area contributed by atoms with Crippen LogP contribution in [0, 0.1) is 6.92 Å². The van der Waals surface area contributed by atoms with Gasteiger partial charge < -0.3 is 10.5 Å². The van der Waals surface area contributed by atoms with Crippen LogP contribution in [0.3, 0.4) is 0 Å². The third-order valence-corrected chi connectivity index (χ3v) is 1.15. The predicted molar refractivity (Wildman–Crippen MR) is 34.3 cm³/mol. The predicted octanol–water partition coefficient (Wildman–Crippen LogP) is 0.309. The minimum absolute atomic E-state index is 0.465. The number of nitrogens with zero attached hydrogens (tertiary/aromatic N) is 1. The molecule has 1 aromatic rings. The lowest BCUT2D eigenvalue weighted by molar-refractivity contribution is 0.399. The quantitative estimate of drug-likeness (QED) is 0.570. The number of rotatable bonds is 1. The molecule has 0 aliphatic rings. The van der Waals surface area contributed by atoms with Crippen molar-refractivity contribution in [1.82, 2.24) is 10.2 Å². The van der Waals surface area contributed by atoms with Crippen molar-refractivity contribution in [2.75, 3.05) is 12.8 Å². The summed E-state index contributed by atoms with van der Waals surface area (Å²) < 4.78 is 4.80. The zero-order valence-electron chi connectivity index (χ0n) is 5.43. The van der Waals surface area contributed by atoms with Crippen LogP contribution in [0.25, 0.3) is 0 Å². The van der Waals surface area contributed by atoms with Crippen LogP contribution in [0.2, 0.25) is 0 Å². The van der Waals surface area contributed by atoms with E-state index in [0.717, 1.165) is 5.69 Å². The molecule has 0 aliphatic heterocycles. The van der Waals surface area contributed by atoms with Crippen molar-refractivity contribution >= 4 is 5.69 Å². The van der Waals surface area contributed by atoms with Gasteiger partial charge >= 0.3 is 0 Å². The Morgan fingerprint density at radius 1 is 1.67 bits per heavy atom. The van der Waals surface area contributed by atoms with Crippen LogP contribution >= 0.6 is 0 Å². The van der Waals surface area contributed by atoms with E-state index in [-0.39, 0.29) is 0 Å². The van der Waals surface area contributed by atoms with Crippen molar-refractivity contribution < 1.29 is 4.74 Å². The number of hydrogen-bond acceptors (Lipinski definition) is 3. The molecule has 0 aromatic carbocycles. The van der Waals surface area contributed by atoms with Gasteiger partial charge in [0.1, 0.15) is 5.69 Å². The van der Waals surface area contributed by atoms with Gasteiger partial charge in [0.25, 0.3) is 5.88 Å². The molecule has 1 heterocycles. The van der Waals surface area contributed by atoms with Crippen LogP contribution in [0.5, 0.6) is 5.88 Å². The maximum Gasteiger partial charge on any atom is 0.256 e. The molecule has 0 radical (unpaired) electrons. The Bertz CT molecular complexity index is 206. The second-order valence-electron chi connectivity index (χ2n) is 1.77. The summed E-state index contributed by atoms with van der Waals surface area (Å²) in [4.78, 5) is 0. The summed E-state index contributed by atoms with van der Waals surface area (Å²) >= 11 is 0. The Morgan fingerprint density at radius 3 is 2.56 bits per heavy atom. The molecule has 0 unspecified atom stereocenters. The molecule has 0 fully saturated rings. The standard InChI is InChI=1S/C5H9N3O/c1-3-4(6)5(9-2)8-7-3/h6H2,1-2H3,(H,7,8). The lowest BCUT2D eigenvalue weighted by Gasteiger charge is -1.92. The van der Waals surface area contributed by atoms with Gasteiger partial charge in [0.05, 0.1) is 12.8 Å². The summed E-state index contributed by atoms with van der Waals surface area (Å²) in [6, 6.07) is 0. The number of anilines is 1. The average molecular weight is 127 g/mol. The Morgan fingerprint density at radius 2 is 2.33 bits per heavy atom. The molecular formula is C5H9N3O. The highest BCUT2D eigenvalue weighted by Gasteiger charge is 2.03. The first kappa shape index (κ1) is 5.94. The summed E-state index contributed by atoms with van der Waals surface area (Å²) in [5, 5.41) is 6.45. The first-order valence-corrected chi connectivity index (χ1v) is 2.60. The molecular weight excluding hydrogens is 118 g/mol. The number of nitrogens with one attached hydrogen (secondary N) is 1. The molecule has 0 spiro atoms. The van der Waals surface area contributed by atoms with Crippen LogP contribution in [0.1, 0.15) is 5.69 Å². The normalized spacial score (nSPS) is 9.56. The van der Waals surface area contributed by atoms with Gasteiger partial charge in [0.15, 0.2) is 0 Å². The molecule has 0 amide bonds. The van der Waals surface area contributed by atoms with E-state index < -0.39 is 0 Å². The number of hydrogen-bond donors (Lipinski definition) is 2. The number of aromatic amines is 1. The van der Waals surface area contributed by atoms with E-state index in [1.54, 1.807) is 0 Å². The first-order valence-electron chi connectivity index (χ1n) is 2.60. The molecule has 0 bridgehead atoms. The van der Waals surface area contributed by atoms with Gasteiger partial charge in [0.2, 0.25) is 0 Å². The smallest absolute Gasteiger partial charge is 0.256 e. The van der Waals surface area contributed by atoms with Crippen molar-refractivity contribution in [2.24, 2.45) is 0 Å². The van der Waals surface area contributed by atoms with E-state index in [0.29, 0.717) is 11.6 Å². The van der Waals surface area contributed by atoms with Gasteiger partial charge in [-0.3, -0.25) is 5.10 Å². The Labute approximate surface area is 53.0 Å². The fraction of sp³-hybridized carbons (Fsp3) is 0.400. The Balaban J connectivity index is 3.04. The van der Waals surface area contributed by atoms with E-state index in [2.05, 4.69) is 10.2 Å². The number of nitrogens with two attached hydrogens (primary N) is 1. The fourth-order valence-electron chi connectivity index (χ4n) is 0.571. The summed E-state index contributed by atoms with van der Waals surface area (Å²) in [6.07, 6.45) is 0. The number of aryl methyl sites for hydroxylation is 1. The Hall–Kier alpha value is -1.19. The van der Waals surface area contributed by atoms with E-state index in [4.69, 9.17) is 10.5 Å². The van der Waals surface area contributed by atoms with Gasteiger partial charge in [-0.05, 0) is 6.92 Å². The zero-order valence-corrected chi connectivity index (χ0v) is 5.43. The van der Waals surface area contributed by atoms with E-state index in [1.807, 2.05) is 6.92 Å². The lowest BCUT2D eigenvalue weighted by Crippen LogP contribution is -1.89. The van der Waals surface area contributed by atoms with Gasteiger partial charge in [-0.1, -0.05) is 0 Å². The van der Waals surface area contributed by atoms with Crippen LogP contribution in [-0.4, -0.2) is 17.3 Å². The molecule has 3 N–H and O–H groups in total. The minimum atomic E-state index is 0.465. The highest BCUT2D eigenvalue weighted by molar-refractivity contribution is 5.51. The third-order valence-electron chi connectivity index (χ3n) is 1.15. The van der Waals surface area contributed by atoms with Crippen molar-refractivity contribution in [3.05, 3.63) is 5.69 Å². The minimum Gasteiger partial charge on any atom is -0.478 e. The van der Waals surface area contributed by atoms with Gasteiger partial charge in [-0.15, -0.1) is 5.10 Å². The van der Waals surface area contributed by atoms with Crippen LogP contribution in [0.15, 0.2) is 0 Å².